The zero-order valence-corrected chi connectivity index (χ0v) is 12.7. The van der Waals surface area contributed by atoms with Gasteiger partial charge in [0.25, 0.3) is 5.91 Å². The monoisotopic (exact) mass is 303 g/mol. The molecule has 0 radical (unpaired) electrons. The molecule has 0 heterocycles. The Hall–Kier alpha value is -2.00. The summed E-state index contributed by atoms with van der Waals surface area (Å²) in [6, 6.07) is 15.0. The van der Waals surface area contributed by atoms with Crippen molar-refractivity contribution in [3.8, 4) is 5.75 Å². The molecule has 4 heteroatoms. The van der Waals surface area contributed by atoms with Crippen LogP contribution in [-0.4, -0.2) is 18.9 Å². The van der Waals surface area contributed by atoms with E-state index in [9.17, 15) is 4.79 Å². The zero-order chi connectivity index (χ0) is 15.1. The fourth-order valence-electron chi connectivity index (χ4n) is 2.11. The van der Waals surface area contributed by atoms with Gasteiger partial charge in [-0.25, -0.2) is 0 Å². The van der Waals surface area contributed by atoms with Gasteiger partial charge in [-0.05, 0) is 42.7 Å². The van der Waals surface area contributed by atoms with E-state index in [4.69, 9.17) is 16.3 Å². The molecule has 0 bridgehead atoms. The number of benzene rings is 2. The van der Waals surface area contributed by atoms with Crippen LogP contribution >= 0.6 is 11.6 Å². The molecule has 0 saturated carbocycles. The smallest absolute Gasteiger partial charge is 0.259 e. The van der Waals surface area contributed by atoms with Crippen molar-refractivity contribution in [1.82, 2.24) is 0 Å². The lowest BCUT2D eigenvalue weighted by Gasteiger charge is -2.10. The number of rotatable bonds is 6. The summed E-state index contributed by atoms with van der Waals surface area (Å²) in [5.74, 6) is 1.02. The molecule has 2 aromatic carbocycles. The van der Waals surface area contributed by atoms with Crippen LogP contribution in [0.3, 0.4) is 0 Å². The fraction of sp³-hybridized carbons (Fsp3) is 0.235. The summed E-state index contributed by atoms with van der Waals surface area (Å²) in [5, 5.41) is 2.90. The molecule has 21 heavy (non-hydrogen) atoms. The van der Waals surface area contributed by atoms with Crippen LogP contribution < -0.4 is 10.1 Å². The number of para-hydroxylation sites is 1. The highest BCUT2D eigenvalue weighted by Gasteiger charge is 2.11. The predicted molar refractivity (Wildman–Crippen MR) is 86.4 cm³/mol. The number of carbonyl (C=O) groups excluding carboxylic acids is 1. The van der Waals surface area contributed by atoms with Crippen molar-refractivity contribution >= 4 is 23.2 Å². The van der Waals surface area contributed by atoms with Crippen molar-refractivity contribution in [2.75, 3.05) is 18.3 Å². The first kappa shape index (κ1) is 15.4. The number of amides is 1. The van der Waals surface area contributed by atoms with E-state index in [-0.39, 0.29) is 5.91 Å². The quantitative estimate of drug-likeness (QED) is 0.815. The second-order valence-electron chi connectivity index (χ2n) is 4.65. The molecule has 0 saturated heterocycles. The van der Waals surface area contributed by atoms with Gasteiger partial charge in [-0.1, -0.05) is 24.3 Å². The van der Waals surface area contributed by atoms with Crippen molar-refractivity contribution in [3.05, 3.63) is 59.7 Å². The van der Waals surface area contributed by atoms with Crippen molar-refractivity contribution in [3.63, 3.8) is 0 Å². The third-order valence-corrected chi connectivity index (χ3v) is 3.40. The molecule has 110 valence electrons. The maximum atomic E-state index is 12.3. The van der Waals surface area contributed by atoms with Crippen molar-refractivity contribution < 1.29 is 9.53 Å². The number of carbonyl (C=O) groups is 1. The fourth-order valence-corrected chi connectivity index (χ4v) is 2.24. The summed E-state index contributed by atoms with van der Waals surface area (Å²) in [4.78, 5) is 12.3. The van der Waals surface area contributed by atoms with E-state index in [2.05, 4.69) is 5.32 Å². The number of hydrogen-bond acceptors (Lipinski definition) is 2. The molecule has 3 nitrogen and oxygen atoms in total. The lowest BCUT2D eigenvalue weighted by molar-refractivity contribution is 0.102. The number of hydrogen-bond donors (Lipinski definition) is 1. The molecule has 0 fully saturated rings. The normalized spacial score (nSPS) is 10.2. The lowest BCUT2D eigenvalue weighted by Crippen LogP contribution is -2.13. The minimum absolute atomic E-state index is 0.179. The summed E-state index contributed by atoms with van der Waals surface area (Å²) in [6.45, 7) is 0. The second kappa shape index (κ2) is 7.70. The van der Waals surface area contributed by atoms with Gasteiger partial charge >= 0.3 is 0 Å². The topological polar surface area (TPSA) is 38.3 Å². The van der Waals surface area contributed by atoms with Crippen LogP contribution in [0, 0.1) is 0 Å². The van der Waals surface area contributed by atoms with E-state index in [1.807, 2.05) is 36.4 Å². The summed E-state index contributed by atoms with van der Waals surface area (Å²) in [5.41, 5.74) is 2.46. The van der Waals surface area contributed by atoms with Crippen LogP contribution in [0.25, 0.3) is 0 Å². The van der Waals surface area contributed by atoms with Gasteiger partial charge in [-0.15, -0.1) is 11.6 Å². The second-order valence-corrected chi connectivity index (χ2v) is 5.03. The Bertz CT molecular complexity index is 613. The molecule has 0 aliphatic rings. The number of halogens is 1. The van der Waals surface area contributed by atoms with Crippen LogP contribution in [0.1, 0.15) is 22.3 Å². The number of ether oxygens (including phenoxy) is 1. The van der Waals surface area contributed by atoms with Crippen LogP contribution in [-0.2, 0) is 6.42 Å². The standard InChI is InChI=1S/C17H18ClNO2/c1-21-16-10-3-2-9-15(16)17(20)19-14-8-4-6-13(12-14)7-5-11-18/h2-4,6,8-10,12H,5,7,11H2,1H3,(H,19,20). The molecule has 2 aromatic rings. The summed E-state index contributed by atoms with van der Waals surface area (Å²) in [6.07, 6.45) is 1.83. The molecular weight excluding hydrogens is 286 g/mol. The molecule has 0 atom stereocenters. The first-order valence-electron chi connectivity index (χ1n) is 6.84. The Morgan fingerprint density at radius 3 is 2.76 bits per heavy atom. The molecule has 0 aromatic heterocycles. The summed E-state index contributed by atoms with van der Waals surface area (Å²) >= 11 is 5.71. The highest BCUT2D eigenvalue weighted by atomic mass is 35.5. The van der Waals surface area contributed by atoms with Crippen LogP contribution in [0.15, 0.2) is 48.5 Å². The van der Waals surface area contributed by atoms with Crippen LogP contribution in [0.2, 0.25) is 0 Å². The molecular formula is C17H18ClNO2. The predicted octanol–water partition coefficient (Wildman–Crippen LogP) is 4.12. The summed E-state index contributed by atoms with van der Waals surface area (Å²) in [7, 11) is 1.55. The molecule has 0 unspecified atom stereocenters. The van der Waals surface area contributed by atoms with E-state index >= 15 is 0 Å². The average Bonchev–Trinajstić information content (AvgIpc) is 2.53. The van der Waals surface area contributed by atoms with Gasteiger partial charge in [0.2, 0.25) is 0 Å². The molecule has 2 rings (SSSR count). The Morgan fingerprint density at radius 1 is 1.19 bits per heavy atom. The molecule has 1 N–H and O–H groups in total. The Labute approximate surface area is 129 Å². The average molecular weight is 304 g/mol. The number of methoxy groups -OCH3 is 1. The van der Waals surface area contributed by atoms with E-state index in [0.717, 1.165) is 24.1 Å². The number of alkyl halides is 1. The van der Waals surface area contributed by atoms with Crippen molar-refractivity contribution in [2.24, 2.45) is 0 Å². The van der Waals surface area contributed by atoms with Gasteiger partial charge in [-0.2, -0.15) is 0 Å². The van der Waals surface area contributed by atoms with Crippen molar-refractivity contribution in [2.45, 2.75) is 12.8 Å². The highest BCUT2D eigenvalue weighted by Crippen LogP contribution is 2.20. The van der Waals surface area contributed by atoms with Crippen LogP contribution in [0.4, 0.5) is 5.69 Å². The lowest BCUT2D eigenvalue weighted by atomic mass is 10.1. The molecule has 0 spiro atoms. The van der Waals surface area contributed by atoms with Crippen LogP contribution in [0.5, 0.6) is 5.75 Å². The van der Waals surface area contributed by atoms with Gasteiger partial charge in [0.05, 0.1) is 12.7 Å². The number of nitrogens with one attached hydrogen (secondary N) is 1. The largest absolute Gasteiger partial charge is 0.496 e. The first-order valence-corrected chi connectivity index (χ1v) is 7.37. The van der Waals surface area contributed by atoms with Gasteiger partial charge in [-0.3, -0.25) is 4.79 Å². The zero-order valence-electron chi connectivity index (χ0n) is 11.9. The van der Waals surface area contributed by atoms with Gasteiger partial charge < -0.3 is 10.1 Å². The minimum Gasteiger partial charge on any atom is -0.496 e. The molecule has 1 amide bonds. The SMILES string of the molecule is COc1ccccc1C(=O)Nc1cccc(CCCCl)c1. The number of aryl methyl sites for hydroxylation is 1. The Balaban J connectivity index is 2.12. The van der Waals surface area contributed by atoms with Gasteiger partial charge in [0, 0.05) is 11.6 Å². The minimum atomic E-state index is -0.179. The number of anilines is 1. The van der Waals surface area contributed by atoms with Gasteiger partial charge in [0.1, 0.15) is 5.75 Å². The third kappa shape index (κ3) is 4.23. The maximum absolute atomic E-state index is 12.3. The van der Waals surface area contributed by atoms with Gasteiger partial charge in [0.15, 0.2) is 0 Å². The third-order valence-electron chi connectivity index (χ3n) is 3.14. The Morgan fingerprint density at radius 2 is 2.00 bits per heavy atom. The maximum Gasteiger partial charge on any atom is 0.259 e. The Kier molecular flexibility index (Phi) is 5.64. The van der Waals surface area contributed by atoms with E-state index in [1.165, 1.54) is 0 Å². The highest BCUT2D eigenvalue weighted by molar-refractivity contribution is 6.17. The molecule has 0 aliphatic heterocycles. The van der Waals surface area contributed by atoms with E-state index < -0.39 is 0 Å². The first-order chi connectivity index (χ1) is 10.2. The molecule has 0 aliphatic carbocycles. The van der Waals surface area contributed by atoms with E-state index in [1.54, 1.807) is 19.2 Å². The van der Waals surface area contributed by atoms with Crippen molar-refractivity contribution in [1.29, 1.82) is 0 Å². The van der Waals surface area contributed by atoms with E-state index in [0.29, 0.717) is 17.2 Å². The summed E-state index contributed by atoms with van der Waals surface area (Å²) < 4.78 is 5.21.